The maximum atomic E-state index is 10.4. The summed E-state index contributed by atoms with van der Waals surface area (Å²) in [6.45, 7) is 6.32. The van der Waals surface area contributed by atoms with E-state index >= 15 is 0 Å². The molecule has 0 radical (unpaired) electrons. The van der Waals surface area contributed by atoms with E-state index in [4.69, 9.17) is 4.42 Å². The van der Waals surface area contributed by atoms with Gasteiger partial charge in [-0.3, -0.25) is 0 Å². The van der Waals surface area contributed by atoms with Crippen LogP contribution in [0, 0.1) is 19.8 Å². The fourth-order valence-corrected chi connectivity index (χ4v) is 2.77. The monoisotopic (exact) mass is 256 g/mol. The van der Waals surface area contributed by atoms with E-state index in [9.17, 15) is 5.11 Å². The number of benzene rings is 1. The van der Waals surface area contributed by atoms with Crippen LogP contribution in [0.4, 0.5) is 0 Å². The third-order valence-corrected chi connectivity index (χ3v) is 3.95. The molecule has 0 amide bonds. The predicted octanol–water partition coefficient (Wildman–Crippen LogP) is 4.10. The van der Waals surface area contributed by atoms with Gasteiger partial charge in [-0.15, -0.1) is 0 Å². The molecule has 1 saturated carbocycles. The van der Waals surface area contributed by atoms with Gasteiger partial charge in [-0.05, 0) is 43.9 Å². The molecule has 0 aliphatic heterocycles. The van der Waals surface area contributed by atoms with E-state index in [-0.39, 0.29) is 0 Å². The molecule has 1 aliphatic rings. The highest BCUT2D eigenvalue weighted by Crippen LogP contribution is 2.47. The predicted molar refractivity (Wildman–Crippen MR) is 75.2 cm³/mol. The molecule has 0 bridgehead atoms. The topological polar surface area (TPSA) is 33.4 Å². The highest BCUT2D eigenvalue weighted by molar-refractivity contribution is 5.33. The van der Waals surface area contributed by atoms with Crippen LogP contribution in [-0.2, 0) is 0 Å². The van der Waals surface area contributed by atoms with Gasteiger partial charge in [0.05, 0.1) is 0 Å². The maximum absolute atomic E-state index is 10.4. The Bertz CT molecular complexity index is 577. The molecule has 0 saturated heterocycles. The molecular formula is C17H20O2. The summed E-state index contributed by atoms with van der Waals surface area (Å²) in [4.78, 5) is 0. The van der Waals surface area contributed by atoms with Crippen LogP contribution in [0.5, 0.6) is 0 Å². The molecule has 100 valence electrons. The van der Waals surface area contributed by atoms with Gasteiger partial charge in [0.25, 0.3) is 0 Å². The molecule has 1 N–H and O–H groups in total. The van der Waals surface area contributed by atoms with Crippen LogP contribution < -0.4 is 0 Å². The van der Waals surface area contributed by atoms with Gasteiger partial charge in [-0.25, -0.2) is 0 Å². The minimum absolute atomic E-state index is 0.556. The second-order valence-corrected chi connectivity index (χ2v) is 5.88. The lowest BCUT2D eigenvalue weighted by molar-refractivity contribution is 0.186. The third kappa shape index (κ3) is 2.45. The van der Waals surface area contributed by atoms with Crippen molar-refractivity contribution in [2.45, 2.75) is 39.2 Å². The zero-order chi connectivity index (χ0) is 13.6. The molecule has 1 fully saturated rings. The zero-order valence-corrected chi connectivity index (χ0v) is 11.7. The Hall–Kier alpha value is -1.54. The van der Waals surface area contributed by atoms with Gasteiger partial charge in [-0.2, -0.15) is 0 Å². The average molecular weight is 256 g/mol. The SMILES string of the molecule is Cc1cc(C)cc(C(O)c2ccc(C3CC3C)o2)c1. The van der Waals surface area contributed by atoms with E-state index in [1.54, 1.807) is 0 Å². The summed E-state index contributed by atoms with van der Waals surface area (Å²) < 4.78 is 5.82. The van der Waals surface area contributed by atoms with Gasteiger partial charge < -0.3 is 9.52 Å². The summed E-state index contributed by atoms with van der Waals surface area (Å²) in [5.74, 6) is 2.95. The quantitative estimate of drug-likeness (QED) is 0.896. The Morgan fingerprint density at radius 3 is 2.37 bits per heavy atom. The van der Waals surface area contributed by atoms with E-state index < -0.39 is 6.10 Å². The molecule has 1 aliphatic carbocycles. The number of rotatable bonds is 3. The van der Waals surface area contributed by atoms with E-state index in [0.29, 0.717) is 11.7 Å². The molecule has 1 aromatic heterocycles. The Balaban J connectivity index is 1.86. The summed E-state index contributed by atoms with van der Waals surface area (Å²) in [5, 5.41) is 10.4. The minimum atomic E-state index is -0.665. The van der Waals surface area contributed by atoms with Crippen LogP contribution in [0.1, 0.15) is 53.6 Å². The normalized spacial score (nSPS) is 23.4. The van der Waals surface area contributed by atoms with Crippen molar-refractivity contribution in [3.05, 3.63) is 58.5 Å². The molecule has 1 heterocycles. The molecule has 19 heavy (non-hydrogen) atoms. The van der Waals surface area contributed by atoms with Crippen LogP contribution in [0.3, 0.4) is 0 Å². The van der Waals surface area contributed by atoms with Crippen molar-refractivity contribution < 1.29 is 9.52 Å². The third-order valence-electron chi connectivity index (χ3n) is 3.95. The molecule has 3 unspecified atom stereocenters. The van der Waals surface area contributed by atoms with Crippen LogP contribution in [0.15, 0.2) is 34.7 Å². The molecule has 3 atom stereocenters. The summed E-state index contributed by atoms with van der Waals surface area (Å²) in [6, 6.07) is 10.0. The van der Waals surface area contributed by atoms with Crippen molar-refractivity contribution in [1.29, 1.82) is 0 Å². The number of aryl methyl sites for hydroxylation is 2. The zero-order valence-electron chi connectivity index (χ0n) is 11.7. The minimum Gasteiger partial charge on any atom is -0.463 e. The smallest absolute Gasteiger partial charge is 0.137 e. The Morgan fingerprint density at radius 2 is 1.79 bits per heavy atom. The van der Waals surface area contributed by atoms with Crippen molar-refractivity contribution in [2.24, 2.45) is 5.92 Å². The van der Waals surface area contributed by atoms with E-state index in [0.717, 1.165) is 28.4 Å². The lowest BCUT2D eigenvalue weighted by Crippen LogP contribution is -1.99. The molecule has 2 aromatic rings. The molecule has 3 rings (SSSR count). The van der Waals surface area contributed by atoms with Gasteiger partial charge in [0, 0.05) is 5.92 Å². The van der Waals surface area contributed by atoms with Crippen molar-refractivity contribution >= 4 is 0 Å². The summed E-state index contributed by atoms with van der Waals surface area (Å²) in [7, 11) is 0. The van der Waals surface area contributed by atoms with Crippen molar-refractivity contribution in [3.63, 3.8) is 0 Å². The number of hydrogen-bond acceptors (Lipinski definition) is 2. The Morgan fingerprint density at radius 1 is 1.16 bits per heavy atom. The molecular weight excluding hydrogens is 236 g/mol. The molecule has 0 spiro atoms. The van der Waals surface area contributed by atoms with Crippen LogP contribution in [0.2, 0.25) is 0 Å². The fraction of sp³-hybridized carbons (Fsp3) is 0.412. The van der Waals surface area contributed by atoms with Crippen LogP contribution in [-0.4, -0.2) is 5.11 Å². The highest BCUT2D eigenvalue weighted by Gasteiger charge is 2.37. The number of furan rings is 1. The second-order valence-electron chi connectivity index (χ2n) is 5.88. The van der Waals surface area contributed by atoms with E-state index in [1.165, 1.54) is 6.42 Å². The van der Waals surface area contributed by atoms with Crippen molar-refractivity contribution in [3.8, 4) is 0 Å². The lowest BCUT2D eigenvalue weighted by atomic mass is 10.0. The first-order valence-corrected chi connectivity index (χ1v) is 6.90. The number of aliphatic hydroxyl groups excluding tert-OH is 1. The van der Waals surface area contributed by atoms with Gasteiger partial charge in [0.15, 0.2) is 0 Å². The van der Waals surface area contributed by atoms with Gasteiger partial charge in [-0.1, -0.05) is 36.2 Å². The molecule has 1 aromatic carbocycles. The first-order chi connectivity index (χ1) is 9.04. The number of aliphatic hydroxyl groups is 1. The molecule has 2 nitrogen and oxygen atoms in total. The van der Waals surface area contributed by atoms with Gasteiger partial charge in [0.1, 0.15) is 17.6 Å². The van der Waals surface area contributed by atoms with E-state index in [1.807, 2.05) is 38.1 Å². The fourth-order valence-electron chi connectivity index (χ4n) is 2.77. The lowest BCUT2D eigenvalue weighted by Gasteiger charge is -2.10. The first kappa shape index (κ1) is 12.5. The van der Waals surface area contributed by atoms with Crippen molar-refractivity contribution in [1.82, 2.24) is 0 Å². The van der Waals surface area contributed by atoms with E-state index in [2.05, 4.69) is 13.0 Å². The Labute approximate surface area is 114 Å². The average Bonchev–Trinajstić information content (AvgIpc) is 2.90. The highest BCUT2D eigenvalue weighted by atomic mass is 16.4. The summed E-state index contributed by atoms with van der Waals surface area (Å²) in [6.07, 6.45) is 0.536. The Kier molecular flexibility index (Phi) is 2.98. The number of hydrogen-bond donors (Lipinski definition) is 1. The molecule has 2 heteroatoms. The summed E-state index contributed by atoms with van der Waals surface area (Å²) >= 11 is 0. The van der Waals surface area contributed by atoms with Crippen LogP contribution in [0.25, 0.3) is 0 Å². The van der Waals surface area contributed by atoms with Crippen LogP contribution >= 0.6 is 0 Å². The van der Waals surface area contributed by atoms with Gasteiger partial charge in [0.2, 0.25) is 0 Å². The summed E-state index contributed by atoms with van der Waals surface area (Å²) in [5.41, 5.74) is 3.23. The first-order valence-electron chi connectivity index (χ1n) is 6.90. The second kappa shape index (κ2) is 4.53. The standard InChI is InChI=1S/C17H20O2/c1-10-6-11(2)8-13(7-10)17(18)16-5-4-15(19-16)14-9-12(14)3/h4-8,12,14,17-18H,9H2,1-3H3. The maximum Gasteiger partial charge on any atom is 0.137 e. The van der Waals surface area contributed by atoms with Crippen molar-refractivity contribution in [2.75, 3.05) is 0 Å². The largest absolute Gasteiger partial charge is 0.463 e. The van der Waals surface area contributed by atoms with Gasteiger partial charge >= 0.3 is 0 Å².